The molecule has 1 atom stereocenters. The van der Waals surface area contributed by atoms with Crippen molar-refractivity contribution in [1.29, 1.82) is 5.26 Å². The Morgan fingerprint density at radius 3 is 2.42 bits per heavy atom. The van der Waals surface area contributed by atoms with E-state index in [-0.39, 0.29) is 29.3 Å². The van der Waals surface area contributed by atoms with Gasteiger partial charge in [-0.1, -0.05) is 45.0 Å². The number of nitriles is 1. The fourth-order valence-corrected chi connectivity index (χ4v) is 4.04. The molecule has 36 heavy (non-hydrogen) atoms. The molecule has 0 bridgehead atoms. The molecule has 0 saturated carbocycles. The van der Waals surface area contributed by atoms with Crippen molar-refractivity contribution in [2.24, 2.45) is 7.05 Å². The molecule has 0 radical (unpaired) electrons. The first kappa shape index (κ1) is 27.0. The van der Waals surface area contributed by atoms with Crippen LogP contribution in [0.3, 0.4) is 0 Å². The molecule has 1 unspecified atom stereocenters. The number of rotatable bonds is 9. The number of imidazole rings is 1. The van der Waals surface area contributed by atoms with E-state index in [0.29, 0.717) is 18.6 Å². The smallest absolute Gasteiger partial charge is 0.338 e. The minimum atomic E-state index is -0.541. The van der Waals surface area contributed by atoms with Crippen LogP contribution in [0.4, 0.5) is 0 Å². The topological polar surface area (TPSA) is 97.4 Å². The normalized spacial score (nSPS) is 12.3. The summed E-state index contributed by atoms with van der Waals surface area (Å²) in [5.74, 6) is 0.902. The van der Waals surface area contributed by atoms with E-state index < -0.39 is 12.1 Å². The van der Waals surface area contributed by atoms with Gasteiger partial charge in [-0.15, -0.1) is 0 Å². The standard InChI is InChI=1S/C29H35N3O4/c1-19(2)35-26-12-11-22(16-23(26)17-30)27(34)36-24(13-14-33)15-20-7-9-21(10-8-20)25-18-32(6)28(31-25)29(3,4)5/h7-12,16,18-19,24,33H,13-15H2,1-6H3. The molecule has 0 aliphatic carbocycles. The Morgan fingerprint density at radius 2 is 1.86 bits per heavy atom. The van der Waals surface area contributed by atoms with Crippen molar-refractivity contribution >= 4 is 5.97 Å². The Labute approximate surface area is 213 Å². The Morgan fingerprint density at radius 1 is 1.17 bits per heavy atom. The number of aliphatic hydroxyl groups excluding tert-OH is 1. The molecule has 0 spiro atoms. The molecule has 3 rings (SSSR count). The molecule has 190 valence electrons. The van der Waals surface area contributed by atoms with Crippen LogP contribution in [0.25, 0.3) is 11.3 Å². The van der Waals surface area contributed by atoms with E-state index in [0.717, 1.165) is 22.6 Å². The van der Waals surface area contributed by atoms with Crippen LogP contribution in [0.15, 0.2) is 48.7 Å². The Balaban J connectivity index is 1.72. The fourth-order valence-electron chi connectivity index (χ4n) is 4.04. The minimum Gasteiger partial charge on any atom is -0.490 e. The van der Waals surface area contributed by atoms with Crippen LogP contribution < -0.4 is 4.74 Å². The number of ether oxygens (including phenoxy) is 2. The predicted molar refractivity (Wildman–Crippen MR) is 139 cm³/mol. The minimum absolute atomic E-state index is 0.0515. The third kappa shape index (κ3) is 6.73. The average Bonchev–Trinajstić information content (AvgIpc) is 3.21. The Hall–Kier alpha value is -3.63. The lowest BCUT2D eigenvalue weighted by molar-refractivity contribution is 0.0244. The lowest BCUT2D eigenvalue weighted by atomic mass is 9.96. The highest BCUT2D eigenvalue weighted by atomic mass is 16.5. The maximum atomic E-state index is 12.8. The SMILES string of the molecule is CC(C)Oc1ccc(C(=O)OC(CCO)Cc2ccc(-c3cn(C)c(C(C)(C)C)n3)cc2)cc1C#N. The van der Waals surface area contributed by atoms with Crippen molar-refractivity contribution in [2.75, 3.05) is 6.61 Å². The summed E-state index contributed by atoms with van der Waals surface area (Å²) in [5, 5.41) is 19.0. The molecule has 1 N–H and O–H groups in total. The molecule has 0 fully saturated rings. The quantitative estimate of drug-likeness (QED) is 0.415. The zero-order valence-corrected chi connectivity index (χ0v) is 21.9. The molecule has 2 aromatic carbocycles. The molecule has 1 aromatic heterocycles. The molecule has 0 aliphatic heterocycles. The van der Waals surface area contributed by atoms with E-state index in [1.54, 1.807) is 12.1 Å². The first-order chi connectivity index (χ1) is 17.0. The van der Waals surface area contributed by atoms with Crippen molar-refractivity contribution in [3.8, 4) is 23.1 Å². The number of esters is 1. The van der Waals surface area contributed by atoms with Crippen LogP contribution in [-0.2, 0) is 23.6 Å². The molecular formula is C29H35N3O4. The van der Waals surface area contributed by atoms with Gasteiger partial charge in [-0.3, -0.25) is 0 Å². The van der Waals surface area contributed by atoms with Crippen molar-refractivity contribution in [1.82, 2.24) is 9.55 Å². The van der Waals surface area contributed by atoms with Gasteiger partial charge >= 0.3 is 5.97 Å². The molecule has 0 amide bonds. The highest BCUT2D eigenvalue weighted by molar-refractivity contribution is 5.90. The number of carbonyl (C=O) groups is 1. The van der Waals surface area contributed by atoms with Gasteiger partial charge in [-0.2, -0.15) is 5.26 Å². The van der Waals surface area contributed by atoms with Gasteiger partial charge in [0.25, 0.3) is 0 Å². The Kier molecular flexibility index (Phi) is 8.54. The summed E-state index contributed by atoms with van der Waals surface area (Å²) in [6.07, 6.45) is 2.20. The van der Waals surface area contributed by atoms with E-state index in [1.165, 1.54) is 6.07 Å². The van der Waals surface area contributed by atoms with Gasteiger partial charge in [0, 0.05) is 43.7 Å². The van der Waals surface area contributed by atoms with E-state index in [9.17, 15) is 15.2 Å². The van der Waals surface area contributed by atoms with Crippen LogP contribution >= 0.6 is 0 Å². The molecule has 7 nitrogen and oxygen atoms in total. The van der Waals surface area contributed by atoms with E-state index in [1.807, 2.05) is 51.4 Å². The number of aromatic nitrogens is 2. The van der Waals surface area contributed by atoms with E-state index >= 15 is 0 Å². The van der Waals surface area contributed by atoms with Crippen LogP contribution in [0.2, 0.25) is 0 Å². The zero-order valence-electron chi connectivity index (χ0n) is 21.9. The summed E-state index contributed by atoms with van der Waals surface area (Å²) in [7, 11) is 2.00. The molecule has 0 aliphatic rings. The van der Waals surface area contributed by atoms with Gasteiger partial charge in [0.2, 0.25) is 0 Å². The van der Waals surface area contributed by atoms with Gasteiger partial charge < -0.3 is 19.1 Å². The van der Waals surface area contributed by atoms with Crippen LogP contribution in [0, 0.1) is 11.3 Å². The number of nitrogens with zero attached hydrogens (tertiary/aromatic N) is 3. The lowest BCUT2D eigenvalue weighted by Gasteiger charge is -2.18. The number of aliphatic hydroxyl groups is 1. The van der Waals surface area contributed by atoms with Crippen molar-refractivity contribution in [2.45, 2.75) is 65.1 Å². The monoisotopic (exact) mass is 489 g/mol. The highest BCUT2D eigenvalue weighted by Crippen LogP contribution is 2.26. The summed E-state index contributed by atoms with van der Waals surface area (Å²) in [4.78, 5) is 17.6. The van der Waals surface area contributed by atoms with Crippen molar-refractivity contribution in [3.63, 3.8) is 0 Å². The number of hydrogen-bond acceptors (Lipinski definition) is 6. The van der Waals surface area contributed by atoms with Gasteiger partial charge in [-0.25, -0.2) is 9.78 Å². The third-order valence-electron chi connectivity index (χ3n) is 5.68. The fraction of sp³-hybridized carbons (Fsp3) is 0.414. The number of aryl methyl sites for hydroxylation is 1. The van der Waals surface area contributed by atoms with Crippen LogP contribution in [0.5, 0.6) is 5.75 Å². The summed E-state index contributed by atoms with van der Waals surface area (Å²) >= 11 is 0. The second-order valence-electron chi connectivity index (χ2n) is 10.2. The maximum absolute atomic E-state index is 12.8. The largest absolute Gasteiger partial charge is 0.490 e. The first-order valence-electron chi connectivity index (χ1n) is 12.2. The molecule has 3 aromatic rings. The van der Waals surface area contributed by atoms with Crippen molar-refractivity contribution < 1.29 is 19.4 Å². The summed E-state index contributed by atoms with van der Waals surface area (Å²) in [6.45, 7) is 10.0. The van der Waals surface area contributed by atoms with E-state index in [4.69, 9.17) is 14.5 Å². The number of carbonyl (C=O) groups excluding carboxylic acids is 1. The highest BCUT2D eigenvalue weighted by Gasteiger charge is 2.21. The van der Waals surface area contributed by atoms with Gasteiger partial charge in [0.05, 0.1) is 22.9 Å². The third-order valence-corrected chi connectivity index (χ3v) is 5.68. The second-order valence-corrected chi connectivity index (χ2v) is 10.2. The molecule has 0 saturated heterocycles. The molecular weight excluding hydrogens is 454 g/mol. The van der Waals surface area contributed by atoms with Gasteiger partial charge in [0.1, 0.15) is 23.7 Å². The van der Waals surface area contributed by atoms with Gasteiger partial charge in [-0.05, 0) is 37.6 Å². The van der Waals surface area contributed by atoms with Crippen molar-refractivity contribution in [3.05, 3.63) is 71.2 Å². The van der Waals surface area contributed by atoms with Crippen LogP contribution in [-0.4, -0.2) is 39.4 Å². The lowest BCUT2D eigenvalue weighted by Crippen LogP contribution is -2.22. The zero-order chi connectivity index (χ0) is 26.5. The number of benzene rings is 2. The van der Waals surface area contributed by atoms with Crippen LogP contribution in [0.1, 0.15) is 68.3 Å². The number of hydrogen-bond donors (Lipinski definition) is 1. The summed E-state index contributed by atoms with van der Waals surface area (Å²) < 4.78 is 13.4. The Bertz CT molecular complexity index is 1230. The first-order valence-corrected chi connectivity index (χ1v) is 12.2. The predicted octanol–water partition coefficient (Wildman–Crippen LogP) is 5.19. The molecule has 1 heterocycles. The summed E-state index contributed by atoms with van der Waals surface area (Å²) in [6, 6.07) is 14.7. The maximum Gasteiger partial charge on any atom is 0.338 e. The van der Waals surface area contributed by atoms with Gasteiger partial charge in [0.15, 0.2) is 0 Å². The summed E-state index contributed by atoms with van der Waals surface area (Å²) in [5.41, 5.74) is 3.39. The average molecular weight is 490 g/mol. The second kappa shape index (κ2) is 11.4. The molecule has 7 heteroatoms. The van der Waals surface area contributed by atoms with E-state index in [2.05, 4.69) is 31.4 Å².